The van der Waals surface area contributed by atoms with Gasteiger partial charge in [0, 0.05) is 23.2 Å². The fraction of sp³-hybridized carbons (Fsp3) is 0.375. The molecule has 2 rings (SSSR count). The Morgan fingerprint density at radius 3 is 2.58 bits per heavy atom. The van der Waals surface area contributed by atoms with Crippen LogP contribution in [0.1, 0.15) is 13.8 Å². The summed E-state index contributed by atoms with van der Waals surface area (Å²) in [6, 6.07) is 13.0. The summed E-state index contributed by atoms with van der Waals surface area (Å²) in [7, 11) is 1.75. The number of anilines is 1. The molecule has 1 heterocycles. The fourth-order valence-electron chi connectivity index (χ4n) is 2.04. The zero-order chi connectivity index (χ0) is 13.7. The number of thiophene rings is 1. The van der Waals surface area contributed by atoms with Gasteiger partial charge in [-0.3, -0.25) is 0 Å². The first kappa shape index (κ1) is 14.1. The van der Waals surface area contributed by atoms with Gasteiger partial charge in [-0.1, -0.05) is 38.1 Å². The van der Waals surface area contributed by atoms with Crippen molar-refractivity contribution in [1.29, 1.82) is 0 Å². The zero-order valence-electron chi connectivity index (χ0n) is 11.7. The number of hydrogen-bond acceptors (Lipinski definition) is 3. The molecule has 0 aliphatic carbocycles. The predicted molar refractivity (Wildman–Crippen MR) is 83.9 cm³/mol. The van der Waals surface area contributed by atoms with E-state index in [0.717, 1.165) is 6.61 Å². The minimum Gasteiger partial charge on any atom is -0.383 e. The van der Waals surface area contributed by atoms with Crippen molar-refractivity contribution < 1.29 is 4.74 Å². The monoisotopic (exact) mass is 275 g/mol. The molecule has 1 unspecified atom stereocenters. The minimum absolute atomic E-state index is 0.325. The lowest BCUT2D eigenvalue weighted by molar-refractivity contribution is 0.171. The van der Waals surface area contributed by atoms with Crippen LogP contribution in [-0.2, 0) is 4.74 Å². The summed E-state index contributed by atoms with van der Waals surface area (Å²) in [6.45, 7) is 5.14. The van der Waals surface area contributed by atoms with Gasteiger partial charge in [0.1, 0.15) is 0 Å². The van der Waals surface area contributed by atoms with E-state index in [1.165, 1.54) is 16.1 Å². The molecule has 0 fully saturated rings. The average molecular weight is 275 g/mol. The average Bonchev–Trinajstić information content (AvgIpc) is 2.92. The van der Waals surface area contributed by atoms with Crippen molar-refractivity contribution in [2.45, 2.75) is 19.9 Å². The summed E-state index contributed by atoms with van der Waals surface area (Å²) in [6.07, 6.45) is 0. The lowest BCUT2D eigenvalue weighted by Gasteiger charge is -2.24. The number of nitrogens with one attached hydrogen (secondary N) is 1. The standard InChI is InChI=1S/C16H21NOS/c1-12(2)15(11-18-3)17-14-8-5-4-7-13(14)16-9-6-10-19-16/h4-10,12,15,17H,11H2,1-3H3. The van der Waals surface area contributed by atoms with Crippen LogP contribution in [0.4, 0.5) is 5.69 Å². The van der Waals surface area contributed by atoms with Crippen LogP contribution < -0.4 is 5.32 Å². The van der Waals surface area contributed by atoms with Gasteiger partial charge in [0.05, 0.1) is 12.6 Å². The first-order valence-corrected chi connectivity index (χ1v) is 7.48. The fourth-order valence-corrected chi connectivity index (χ4v) is 2.80. The maximum atomic E-state index is 5.31. The van der Waals surface area contributed by atoms with Crippen molar-refractivity contribution in [1.82, 2.24) is 0 Å². The van der Waals surface area contributed by atoms with Gasteiger partial charge >= 0.3 is 0 Å². The highest BCUT2D eigenvalue weighted by Gasteiger charge is 2.15. The first-order chi connectivity index (χ1) is 9.22. The van der Waals surface area contributed by atoms with Crippen molar-refractivity contribution in [3.63, 3.8) is 0 Å². The van der Waals surface area contributed by atoms with Gasteiger partial charge in [0.15, 0.2) is 0 Å². The van der Waals surface area contributed by atoms with Crippen LogP contribution in [0.15, 0.2) is 41.8 Å². The highest BCUT2D eigenvalue weighted by atomic mass is 32.1. The third kappa shape index (κ3) is 3.58. The van der Waals surface area contributed by atoms with E-state index < -0.39 is 0 Å². The quantitative estimate of drug-likeness (QED) is 0.838. The maximum absolute atomic E-state index is 5.31. The number of rotatable bonds is 6. The largest absolute Gasteiger partial charge is 0.383 e. The maximum Gasteiger partial charge on any atom is 0.0666 e. The van der Waals surface area contributed by atoms with Gasteiger partial charge in [0.2, 0.25) is 0 Å². The van der Waals surface area contributed by atoms with Gasteiger partial charge in [-0.15, -0.1) is 11.3 Å². The van der Waals surface area contributed by atoms with Gasteiger partial charge in [-0.2, -0.15) is 0 Å². The molecule has 0 aliphatic heterocycles. The van der Waals surface area contributed by atoms with Crippen LogP contribution in [-0.4, -0.2) is 19.8 Å². The molecule has 102 valence electrons. The smallest absolute Gasteiger partial charge is 0.0666 e. The van der Waals surface area contributed by atoms with Gasteiger partial charge in [-0.25, -0.2) is 0 Å². The third-order valence-electron chi connectivity index (χ3n) is 3.21. The van der Waals surface area contributed by atoms with E-state index in [9.17, 15) is 0 Å². The summed E-state index contributed by atoms with van der Waals surface area (Å²) in [5, 5.41) is 5.73. The lowest BCUT2D eigenvalue weighted by atomic mass is 10.0. The predicted octanol–water partition coefficient (Wildman–Crippen LogP) is 4.50. The Labute approximate surface area is 119 Å². The molecule has 1 aromatic carbocycles. The zero-order valence-corrected chi connectivity index (χ0v) is 12.5. The van der Waals surface area contributed by atoms with Crippen LogP contribution in [0.2, 0.25) is 0 Å². The molecule has 19 heavy (non-hydrogen) atoms. The molecule has 3 heteroatoms. The topological polar surface area (TPSA) is 21.3 Å². The summed E-state index contributed by atoms with van der Waals surface area (Å²) >= 11 is 1.77. The second-order valence-corrected chi connectivity index (χ2v) is 5.92. The highest BCUT2D eigenvalue weighted by Crippen LogP contribution is 2.32. The molecule has 0 saturated carbocycles. The second kappa shape index (κ2) is 6.73. The molecule has 0 bridgehead atoms. The van der Waals surface area contributed by atoms with Gasteiger partial charge < -0.3 is 10.1 Å². The Balaban J connectivity index is 2.25. The van der Waals surface area contributed by atoms with E-state index >= 15 is 0 Å². The second-order valence-electron chi connectivity index (χ2n) is 4.97. The molecule has 0 spiro atoms. The number of ether oxygens (including phenoxy) is 1. The molecule has 0 radical (unpaired) electrons. The van der Waals surface area contributed by atoms with Gasteiger partial charge in [-0.05, 0) is 23.4 Å². The Bertz CT molecular complexity index is 493. The molecule has 1 aromatic heterocycles. The molecule has 1 atom stereocenters. The first-order valence-electron chi connectivity index (χ1n) is 6.60. The Morgan fingerprint density at radius 2 is 1.95 bits per heavy atom. The van der Waals surface area contributed by atoms with Crippen LogP contribution in [0.25, 0.3) is 10.4 Å². The number of hydrogen-bond donors (Lipinski definition) is 1. The van der Waals surface area contributed by atoms with Crippen molar-refractivity contribution in [2.75, 3.05) is 19.0 Å². The minimum atomic E-state index is 0.325. The Hall–Kier alpha value is -1.32. The molecule has 0 aliphatic rings. The Morgan fingerprint density at radius 1 is 1.16 bits per heavy atom. The molecule has 0 saturated heterocycles. The summed E-state index contributed by atoms with van der Waals surface area (Å²) in [5.74, 6) is 0.524. The van der Waals surface area contributed by atoms with Gasteiger partial charge in [0.25, 0.3) is 0 Å². The number of para-hydroxylation sites is 1. The summed E-state index contributed by atoms with van der Waals surface area (Å²) in [4.78, 5) is 1.29. The van der Waals surface area contributed by atoms with Crippen molar-refractivity contribution in [2.24, 2.45) is 5.92 Å². The van der Waals surface area contributed by atoms with Crippen molar-refractivity contribution in [3.8, 4) is 10.4 Å². The highest BCUT2D eigenvalue weighted by molar-refractivity contribution is 7.13. The Kier molecular flexibility index (Phi) is 5.00. The van der Waals surface area contributed by atoms with Crippen LogP contribution in [0, 0.1) is 5.92 Å². The molecule has 2 aromatic rings. The van der Waals surface area contributed by atoms with Crippen molar-refractivity contribution in [3.05, 3.63) is 41.8 Å². The number of benzene rings is 1. The normalized spacial score (nSPS) is 12.6. The SMILES string of the molecule is COCC(Nc1ccccc1-c1cccs1)C(C)C. The van der Waals surface area contributed by atoms with E-state index in [1.807, 2.05) is 0 Å². The lowest BCUT2D eigenvalue weighted by Crippen LogP contribution is -2.30. The van der Waals surface area contributed by atoms with E-state index in [-0.39, 0.29) is 0 Å². The summed E-state index contributed by atoms with van der Waals surface area (Å²) < 4.78 is 5.31. The molecule has 0 amide bonds. The van der Waals surface area contributed by atoms with Crippen molar-refractivity contribution >= 4 is 17.0 Å². The van der Waals surface area contributed by atoms with Crippen LogP contribution in [0.5, 0.6) is 0 Å². The van der Waals surface area contributed by atoms with E-state index in [4.69, 9.17) is 4.74 Å². The molecule has 2 nitrogen and oxygen atoms in total. The molecular formula is C16H21NOS. The molecule has 1 N–H and O–H groups in total. The van der Waals surface area contributed by atoms with Crippen LogP contribution in [0.3, 0.4) is 0 Å². The van der Waals surface area contributed by atoms with E-state index in [2.05, 4.69) is 60.9 Å². The third-order valence-corrected chi connectivity index (χ3v) is 4.11. The summed E-state index contributed by atoms with van der Waals surface area (Å²) in [5.41, 5.74) is 2.44. The van der Waals surface area contributed by atoms with E-state index in [0.29, 0.717) is 12.0 Å². The van der Waals surface area contributed by atoms with E-state index in [1.54, 1.807) is 18.4 Å². The molecular weight excluding hydrogens is 254 g/mol. The van der Waals surface area contributed by atoms with Crippen LogP contribution >= 0.6 is 11.3 Å². The number of methoxy groups -OCH3 is 1.